The summed E-state index contributed by atoms with van der Waals surface area (Å²) in [6.07, 6.45) is 8.27. The highest BCUT2D eigenvalue weighted by atomic mass is 16.2. The molecule has 1 heterocycles. The lowest BCUT2D eigenvalue weighted by Gasteiger charge is -2.29. The van der Waals surface area contributed by atoms with E-state index in [2.05, 4.69) is 25.2 Å². The average Bonchev–Trinajstić information content (AvgIpc) is 2.95. The Balaban J connectivity index is 1.84. The van der Waals surface area contributed by atoms with Gasteiger partial charge in [-0.15, -0.1) is 0 Å². The molecule has 4 nitrogen and oxygen atoms in total. The van der Waals surface area contributed by atoms with Gasteiger partial charge in [-0.2, -0.15) is 0 Å². The molecule has 0 spiro atoms. The van der Waals surface area contributed by atoms with Crippen LogP contribution in [0.2, 0.25) is 0 Å². The number of aryl methyl sites for hydroxylation is 1. The monoisotopic (exact) mass is 326 g/mol. The van der Waals surface area contributed by atoms with E-state index in [-0.39, 0.29) is 18.5 Å². The van der Waals surface area contributed by atoms with Crippen LogP contribution in [0.25, 0.3) is 10.9 Å². The van der Waals surface area contributed by atoms with Crippen molar-refractivity contribution >= 4 is 23.1 Å². The van der Waals surface area contributed by atoms with Crippen LogP contribution < -0.4 is 5.32 Å². The summed E-state index contributed by atoms with van der Waals surface area (Å²) in [6, 6.07) is 6.27. The van der Waals surface area contributed by atoms with Crippen molar-refractivity contribution in [1.82, 2.24) is 9.88 Å². The third kappa shape index (κ3) is 3.23. The van der Waals surface area contributed by atoms with Crippen molar-refractivity contribution in [3.05, 3.63) is 35.5 Å². The number of aldehydes is 1. The zero-order valence-electron chi connectivity index (χ0n) is 14.5. The lowest BCUT2D eigenvalue weighted by molar-refractivity contribution is -0.122. The molecule has 0 saturated heterocycles. The van der Waals surface area contributed by atoms with E-state index in [0.29, 0.717) is 11.5 Å². The van der Waals surface area contributed by atoms with Crippen molar-refractivity contribution in [2.75, 3.05) is 0 Å². The molecule has 1 amide bonds. The number of nitrogens with zero attached hydrogens (tertiary/aromatic N) is 1. The number of rotatable bonds is 5. The van der Waals surface area contributed by atoms with E-state index in [9.17, 15) is 9.59 Å². The molecule has 1 aliphatic carbocycles. The van der Waals surface area contributed by atoms with Gasteiger partial charge in [-0.25, -0.2) is 0 Å². The van der Waals surface area contributed by atoms with Gasteiger partial charge in [0.25, 0.3) is 0 Å². The zero-order valence-corrected chi connectivity index (χ0v) is 14.5. The molecule has 1 saturated carbocycles. The second-order valence-corrected chi connectivity index (χ2v) is 6.93. The topological polar surface area (TPSA) is 51.1 Å². The molecular weight excluding hydrogens is 300 g/mol. The highest BCUT2D eigenvalue weighted by molar-refractivity contribution is 5.99. The number of nitrogens with one attached hydrogen (secondary N) is 1. The van der Waals surface area contributed by atoms with E-state index in [0.717, 1.165) is 30.0 Å². The largest absolute Gasteiger partial charge is 0.352 e. The SMILES string of the molecule is CCc1cccc2c(C=O)cn(CC(=O)NC3CCCCC3C)c12. The van der Waals surface area contributed by atoms with Crippen molar-refractivity contribution in [2.45, 2.75) is 58.5 Å². The molecule has 1 N–H and O–H groups in total. The summed E-state index contributed by atoms with van der Waals surface area (Å²) >= 11 is 0. The van der Waals surface area contributed by atoms with Crippen LogP contribution >= 0.6 is 0 Å². The molecule has 1 aliphatic rings. The summed E-state index contributed by atoms with van der Waals surface area (Å²) < 4.78 is 1.93. The van der Waals surface area contributed by atoms with Crippen LogP contribution in [0.4, 0.5) is 0 Å². The van der Waals surface area contributed by atoms with E-state index >= 15 is 0 Å². The third-order valence-corrected chi connectivity index (χ3v) is 5.29. The molecule has 2 atom stereocenters. The molecule has 1 fully saturated rings. The van der Waals surface area contributed by atoms with Crippen LogP contribution in [-0.4, -0.2) is 22.8 Å². The lowest BCUT2D eigenvalue weighted by atomic mass is 9.86. The normalized spacial score (nSPS) is 20.9. The van der Waals surface area contributed by atoms with Gasteiger partial charge in [0, 0.05) is 23.2 Å². The van der Waals surface area contributed by atoms with Gasteiger partial charge in [0.05, 0.1) is 5.52 Å². The fourth-order valence-electron chi connectivity index (χ4n) is 3.91. The average molecular weight is 326 g/mol. The van der Waals surface area contributed by atoms with Crippen molar-refractivity contribution in [3.63, 3.8) is 0 Å². The van der Waals surface area contributed by atoms with Crippen LogP contribution in [0.15, 0.2) is 24.4 Å². The van der Waals surface area contributed by atoms with Crippen LogP contribution in [0.1, 0.15) is 55.5 Å². The Morgan fingerprint density at radius 3 is 2.83 bits per heavy atom. The Hall–Kier alpha value is -2.10. The number of hydrogen-bond donors (Lipinski definition) is 1. The van der Waals surface area contributed by atoms with Gasteiger partial charge in [0.2, 0.25) is 5.91 Å². The van der Waals surface area contributed by atoms with E-state index < -0.39 is 0 Å². The maximum absolute atomic E-state index is 12.5. The number of hydrogen-bond acceptors (Lipinski definition) is 2. The Bertz CT molecular complexity index is 747. The summed E-state index contributed by atoms with van der Waals surface area (Å²) in [5, 5.41) is 4.13. The Morgan fingerprint density at radius 2 is 2.12 bits per heavy atom. The summed E-state index contributed by atoms with van der Waals surface area (Å²) in [4.78, 5) is 23.9. The minimum absolute atomic E-state index is 0.0361. The number of benzene rings is 1. The minimum atomic E-state index is 0.0361. The summed E-state index contributed by atoms with van der Waals surface area (Å²) in [5.41, 5.74) is 2.83. The van der Waals surface area contributed by atoms with E-state index in [1.807, 2.05) is 16.7 Å². The molecule has 0 bridgehead atoms. The molecule has 3 rings (SSSR count). The van der Waals surface area contributed by atoms with Gasteiger partial charge >= 0.3 is 0 Å². The van der Waals surface area contributed by atoms with E-state index in [4.69, 9.17) is 0 Å². The zero-order chi connectivity index (χ0) is 17.1. The molecular formula is C20H26N2O2. The summed E-state index contributed by atoms with van der Waals surface area (Å²) in [7, 11) is 0. The van der Waals surface area contributed by atoms with Gasteiger partial charge in [0.1, 0.15) is 6.54 Å². The molecule has 24 heavy (non-hydrogen) atoms. The molecule has 128 valence electrons. The number of aromatic nitrogens is 1. The van der Waals surface area contributed by atoms with Crippen molar-refractivity contribution in [2.24, 2.45) is 5.92 Å². The van der Waals surface area contributed by atoms with Gasteiger partial charge < -0.3 is 9.88 Å². The molecule has 1 aromatic carbocycles. The predicted octanol–water partition coefficient (Wildman–Crippen LogP) is 3.71. The second kappa shape index (κ2) is 7.20. The van der Waals surface area contributed by atoms with Gasteiger partial charge in [-0.1, -0.05) is 44.9 Å². The summed E-state index contributed by atoms with van der Waals surface area (Å²) in [5.74, 6) is 0.579. The smallest absolute Gasteiger partial charge is 0.240 e. The standard InChI is InChI=1S/C20H26N2O2/c1-3-15-8-6-9-17-16(13-23)11-22(20(15)17)12-19(24)21-18-10-5-4-7-14(18)2/h6,8-9,11,13-14,18H,3-5,7,10,12H2,1-2H3,(H,21,24). The Labute approximate surface area is 143 Å². The first-order chi connectivity index (χ1) is 11.6. The first-order valence-corrected chi connectivity index (χ1v) is 8.99. The highest BCUT2D eigenvalue weighted by Gasteiger charge is 2.23. The summed E-state index contributed by atoms with van der Waals surface area (Å²) in [6.45, 7) is 4.58. The maximum atomic E-state index is 12.5. The lowest BCUT2D eigenvalue weighted by Crippen LogP contribution is -2.42. The predicted molar refractivity (Wildman–Crippen MR) is 96.3 cm³/mol. The molecule has 1 aromatic heterocycles. The first-order valence-electron chi connectivity index (χ1n) is 8.99. The second-order valence-electron chi connectivity index (χ2n) is 6.93. The van der Waals surface area contributed by atoms with Crippen LogP contribution in [0, 0.1) is 5.92 Å². The molecule has 4 heteroatoms. The van der Waals surface area contributed by atoms with E-state index in [1.165, 1.54) is 24.8 Å². The number of carbonyl (C=O) groups excluding carboxylic acids is 2. The minimum Gasteiger partial charge on any atom is -0.352 e. The van der Waals surface area contributed by atoms with Crippen LogP contribution in [0.3, 0.4) is 0 Å². The van der Waals surface area contributed by atoms with E-state index in [1.54, 1.807) is 6.20 Å². The van der Waals surface area contributed by atoms with Gasteiger partial charge in [-0.3, -0.25) is 9.59 Å². The van der Waals surface area contributed by atoms with Gasteiger partial charge in [0.15, 0.2) is 6.29 Å². The fraction of sp³-hybridized carbons (Fsp3) is 0.500. The van der Waals surface area contributed by atoms with Gasteiger partial charge in [-0.05, 0) is 30.7 Å². The molecule has 2 aromatic rings. The number of para-hydroxylation sites is 1. The van der Waals surface area contributed by atoms with Crippen molar-refractivity contribution in [3.8, 4) is 0 Å². The number of carbonyl (C=O) groups is 2. The number of fused-ring (bicyclic) bond motifs is 1. The van der Waals surface area contributed by atoms with Crippen LogP contribution in [-0.2, 0) is 17.8 Å². The number of amides is 1. The maximum Gasteiger partial charge on any atom is 0.240 e. The van der Waals surface area contributed by atoms with Crippen molar-refractivity contribution in [1.29, 1.82) is 0 Å². The Morgan fingerprint density at radius 1 is 1.33 bits per heavy atom. The molecule has 2 unspecified atom stereocenters. The van der Waals surface area contributed by atoms with Crippen molar-refractivity contribution < 1.29 is 9.59 Å². The first kappa shape index (κ1) is 16.7. The highest BCUT2D eigenvalue weighted by Crippen LogP contribution is 2.26. The molecule has 0 aliphatic heterocycles. The molecule has 0 radical (unpaired) electrons. The quantitative estimate of drug-likeness (QED) is 0.852. The third-order valence-electron chi connectivity index (χ3n) is 5.29. The van der Waals surface area contributed by atoms with Crippen LogP contribution in [0.5, 0.6) is 0 Å². The fourth-order valence-corrected chi connectivity index (χ4v) is 3.91. The Kier molecular flexibility index (Phi) is 5.03.